The highest BCUT2D eigenvalue weighted by atomic mass is 35.5. The molecule has 3 heteroatoms. The molecule has 0 aromatic heterocycles. The van der Waals surface area contributed by atoms with Gasteiger partial charge in [-0.25, -0.2) is 0 Å². The summed E-state index contributed by atoms with van der Waals surface area (Å²) in [6.45, 7) is 0. The van der Waals surface area contributed by atoms with E-state index < -0.39 is 0 Å². The zero-order valence-electron chi connectivity index (χ0n) is 7.59. The first kappa shape index (κ1) is 10.0. The lowest BCUT2D eigenvalue weighted by atomic mass is 9.80. The quantitative estimate of drug-likeness (QED) is 0.701. The summed E-state index contributed by atoms with van der Waals surface area (Å²) in [5.74, 6) is 0.353. The Morgan fingerprint density at radius 1 is 1.29 bits per heavy atom. The van der Waals surface area contributed by atoms with Gasteiger partial charge in [0, 0.05) is 16.5 Å². The van der Waals surface area contributed by atoms with Gasteiger partial charge < -0.3 is 0 Å². The van der Waals surface area contributed by atoms with Gasteiger partial charge in [-0.05, 0) is 31.0 Å². The van der Waals surface area contributed by atoms with Crippen LogP contribution in [-0.4, -0.2) is 5.78 Å². The summed E-state index contributed by atoms with van der Waals surface area (Å²) in [6, 6.07) is 5.04. The molecule has 0 radical (unpaired) electrons. The van der Waals surface area contributed by atoms with Gasteiger partial charge in [0.1, 0.15) is 0 Å². The van der Waals surface area contributed by atoms with Crippen LogP contribution in [0, 0.1) is 5.92 Å². The van der Waals surface area contributed by atoms with Crippen molar-refractivity contribution in [1.29, 1.82) is 0 Å². The van der Waals surface area contributed by atoms with Crippen LogP contribution in [0.3, 0.4) is 0 Å². The lowest BCUT2D eigenvalue weighted by Gasteiger charge is -2.24. The Morgan fingerprint density at radius 3 is 2.50 bits per heavy atom. The summed E-state index contributed by atoms with van der Waals surface area (Å²) < 4.78 is 0. The van der Waals surface area contributed by atoms with E-state index >= 15 is 0 Å². The molecule has 1 aromatic rings. The molecular weight excluding hydrogens is 219 g/mol. The van der Waals surface area contributed by atoms with Crippen molar-refractivity contribution in [3.8, 4) is 0 Å². The number of hydrogen-bond acceptors (Lipinski definition) is 1. The second-order valence-electron chi connectivity index (χ2n) is 3.62. The van der Waals surface area contributed by atoms with Gasteiger partial charge in [-0.15, -0.1) is 0 Å². The first-order chi connectivity index (χ1) is 6.68. The van der Waals surface area contributed by atoms with Gasteiger partial charge in [0.2, 0.25) is 0 Å². The molecule has 0 saturated heterocycles. The van der Waals surface area contributed by atoms with E-state index in [1.165, 1.54) is 0 Å². The van der Waals surface area contributed by atoms with Crippen LogP contribution < -0.4 is 0 Å². The minimum atomic E-state index is 0.165. The lowest BCUT2D eigenvalue weighted by molar-refractivity contribution is 0.0855. The van der Waals surface area contributed by atoms with Crippen LogP contribution in [0.5, 0.6) is 0 Å². The Balaban J connectivity index is 2.26. The van der Waals surface area contributed by atoms with Crippen LogP contribution in [-0.2, 0) is 0 Å². The van der Waals surface area contributed by atoms with Crippen LogP contribution in [0.15, 0.2) is 18.2 Å². The topological polar surface area (TPSA) is 17.1 Å². The average Bonchev–Trinajstić information content (AvgIpc) is 2.00. The van der Waals surface area contributed by atoms with Crippen LogP contribution in [0.1, 0.15) is 29.6 Å². The number of ketones is 1. The standard InChI is InChI=1S/C11H10Cl2O/c12-8-4-5-9(10(13)6-8)11(14)7-2-1-3-7/h4-7H,1-3H2. The Morgan fingerprint density at radius 2 is 2.00 bits per heavy atom. The van der Waals surface area contributed by atoms with Crippen molar-refractivity contribution in [1.82, 2.24) is 0 Å². The molecule has 1 aliphatic rings. The van der Waals surface area contributed by atoms with Gasteiger partial charge >= 0.3 is 0 Å². The molecule has 0 spiro atoms. The summed E-state index contributed by atoms with van der Waals surface area (Å²) in [4.78, 5) is 11.8. The summed E-state index contributed by atoms with van der Waals surface area (Å²) in [7, 11) is 0. The van der Waals surface area contributed by atoms with Crippen molar-refractivity contribution >= 4 is 29.0 Å². The second kappa shape index (κ2) is 3.92. The molecule has 0 unspecified atom stereocenters. The third kappa shape index (κ3) is 1.79. The Labute approximate surface area is 93.0 Å². The molecule has 1 fully saturated rings. The predicted octanol–water partition coefficient (Wildman–Crippen LogP) is 3.98. The highest BCUT2D eigenvalue weighted by molar-refractivity contribution is 6.36. The zero-order chi connectivity index (χ0) is 10.1. The molecule has 14 heavy (non-hydrogen) atoms. The van der Waals surface area contributed by atoms with Crippen molar-refractivity contribution in [3.05, 3.63) is 33.8 Å². The fraction of sp³-hybridized carbons (Fsp3) is 0.364. The van der Waals surface area contributed by atoms with E-state index in [0.29, 0.717) is 15.6 Å². The normalized spacial score (nSPS) is 16.4. The molecule has 0 N–H and O–H groups in total. The number of carbonyl (C=O) groups excluding carboxylic acids is 1. The first-order valence-electron chi connectivity index (χ1n) is 4.68. The molecule has 0 aliphatic heterocycles. The number of rotatable bonds is 2. The van der Waals surface area contributed by atoms with Crippen LogP contribution >= 0.6 is 23.2 Å². The fourth-order valence-electron chi connectivity index (χ4n) is 1.58. The van der Waals surface area contributed by atoms with E-state index in [1.807, 2.05) is 0 Å². The molecular formula is C11H10Cl2O. The molecule has 74 valence electrons. The van der Waals surface area contributed by atoms with E-state index in [2.05, 4.69) is 0 Å². The van der Waals surface area contributed by atoms with Crippen molar-refractivity contribution in [2.24, 2.45) is 5.92 Å². The van der Waals surface area contributed by atoms with E-state index in [9.17, 15) is 4.79 Å². The third-order valence-electron chi connectivity index (χ3n) is 2.67. The number of benzene rings is 1. The minimum absolute atomic E-state index is 0.165. The largest absolute Gasteiger partial charge is 0.294 e. The van der Waals surface area contributed by atoms with E-state index in [1.54, 1.807) is 18.2 Å². The van der Waals surface area contributed by atoms with E-state index in [-0.39, 0.29) is 11.7 Å². The second-order valence-corrected chi connectivity index (χ2v) is 4.46. The predicted molar refractivity (Wildman–Crippen MR) is 58.1 cm³/mol. The Hall–Kier alpha value is -0.530. The zero-order valence-corrected chi connectivity index (χ0v) is 9.11. The van der Waals surface area contributed by atoms with Gasteiger partial charge in [-0.1, -0.05) is 29.6 Å². The Kier molecular flexibility index (Phi) is 2.80. The summed E-state index contributed by atoms with van der Waals surface area (Å²) in [5, 5.41) is 1.04. The highest BCUT2D eigenvalue weighted by Crippen LogP contribution is 2.32. The first-order valence-corrected chi connectivity index (χ1v) is 5.43. The molecule has 0 atom stereocenters. The lowest BCUT2D eigenvalue weighted by Crippen LogP contribution is -2.22. The van der Waals surface area contributed by atoms with Crippen LogP contribution in [0.25, 0.3) is 0 Å². The molecule has 1 aliphatic carbocycles. The van der Waals surface area contributed by atoms with Crippen LogP contribution in [0.2, 0.25) is 10.0 Å². The number of Topliss-reactive ketones (excluding diaryl/α,β-unsaturated/α-hetero) is 1. The van der Waals surface area contributed by atoms with Gasteiger partial charge in [0.25, 0.3) is 0 Å². The molecule has 2 rings (SSSR count). The van der Waals surface area contributed by atoms with E-state index in [4.69, 9.17) is 23.2 Å². The molecule has 0 bridgehead atoms. The molecule has 1 saturated carbocycles. The highest BCUT2D eigenvalue weighted by Gasteiger charge is 2.27. The van der Waals surface area contributed by atoms with Gasteiger partial charge in [0.05, 0.1) is 5.02 Å². The molecule has 1 nitrogen and oxygen atoms in total. The SMILES string of the molecule is O=C(c1ccc(Cl)cc1Cl)C1CCC1. The van der Waals surface area contributed by atoms with Gasteiger partial charge in [0.15, 0.2) is 5.78 Å². The Bertz CT molecular complexity index is 370. The average molecular weight is 229 g/mol. The van der Waals surface area contributed by atoms with Crippen molar-refractivity contribution in [2.45, 2.75) is 19.3 Å². The van der Waals surface area contributed by atoms with Crippen molar-refractivity contribution in [2.75, 3.05) is 0 Å². The maximum Gasteiger partial charge on any atom is 0.167 e. The summed E-state index contributed by atoms with van der Waals surface area (Å²) in [5.41, 5.74) is 0.612. The monoisotopic (exact) mass is 228 g/mol. The van der Waals surface area contributed by atoms with Crippen LogP contribution in [0.4, 0.5) is 0 Å². The molecule has 0 amide bonds. The number of halogens is 2. The van der Waals surface area contributed by atoms with Crippen molar-refractivity contribution in [3.63, 3.8) is 0 Å². The van der Waals surface area contributed by atoms with Gasteiger partial charge in [-0.3, -0.25) is 4.79 Å². The molecule has 0 heterocycles. The fourth-order valence-corrected chi connectivity index (χ4v) is 2.08. The van der Waals surface area contributed by atoms with Crippen molar-refractivity contribution < 1.29 is 4.79 Å². The maximum absolute atomic E-state index is 11.8. The molecule has 1 aromatic carbocycles. The minimum Gasteiger partial charge on any atom is -0.294 e. The maximum atomic E-state index is 11.8. The van der Waals surface area contributed by atoms with Gasteiger partial charge in [-0.2, -0.15) is 0 Å². The van der Waals surface area contributed by atoms with E-state index in [0.717, 1.165) is 19.3 Å². The third-order valence-corrected chi connectivity index (χ3v) is 3.22. The summed E-state index contributed by atoms with van der Waals surface area (Å²) >= 11 is 11.7. The summed E-state index contributed by atoms with van der Waals surface area (Å²) in [6.07, 6.45) is 3.15. The number of hydrogen-bond donors (Lipinski definition) is 0. The smallest absolute Gasteiger partial charge is 0.167 e. The number of carbonyl (C=O) groups is 1.